The molecule has 0 fully saturated rings. The fraction of sp³-hybridized carbons (Fsp3) is 0.0282. The van der Waals surface area contributed by atoms with Crippen molar-refractivity contribution in [3.05, 3.63) is 574 Å². The zero-order chi connectivity index (χ0) is 96.9. The van der Waals surface area contributed by atoms with E-state index in [-0.39, 0.29) is 11.3 Å². The Morgan fingerprint density at radius 1 is 0.171 bits per heavy atom. The molecule has 2 aliphatic rings. The molecule has 0 N–H and O–H groups in total. The maximum absolute atomic E-state index is 6.28. The SMILES string of the molecule is CC1(C)c2ccccc2-c2cc(N(c3ccc(-c4ccccc4)cc3)c3ccc4ccc5c6ccccc6ccc5c4c3)ccc21.c1ccc(-c2ccccc2-c2ccccc2N(c2ccc3ccc4c5ccccc5ccc4c3c2)c2ccc3oc4ccccc4c3c2)cc1.c1ccc(-c2ccccc2N(c2ccc3c(c2)-c2ccccc2C3c2ccccc2)c2ccc3ccc4c5ccccc5ccc4c3c2)cc1. The van der Waals surface area contributed by atoms with E-state index in [1.165, 1.54) is 186 Å². The van der Waals surface area contributed by atoms with Crippen LogP contribution in [0.3, 0.4) is 0 Å². The lowest BCUT2D eigenvalue weighted by atomic mass is 9.82. The van der Waals surface area contributed by atoms with Crippen molar-refractivity contribution < 1.29 is 4.42 Å². The normalized spacial score (nSPS) is 12.7. The highest BCUT2D eigenvalue weighted by molar-refractivity contribution is 6.22. The first kappa shape index (κ1) is 86.4. The first-order valence-corrected chi connectivity index (χ1v) is 50.6. The summed E-state index contributed by atoms with van der Waals surface area (Å²) in [5.41, 5.74) is 33.5. The van der Waals surface area contributed by atoms with E-state index in [9.17, 15) is 0 Å². The van der Waals surface area contributed by atoms with Gasteiger partial charge >= 0.3 is 0 Å². The van der Waals surface area contributed by atoms with Crippen LogP contribution in [0.2, 0.25) is 0 Å². The van der Waals surface area contributed by atoms with Gasteiger partial charge in [-0.3, -0.25) is 0 Å². The summed E-state index contributed by atoms with van der Waals surface area (Å²) in [4.78, 5) is 7.29. The number of benzene rings is 26. The first-order valence-electron chi connectivity index (χ1n) is 50.6. The van der Waals surface area contributed by atoms with Crippen molar-refractivity contribution in [3.63, 3.8) is 0 Å². The minimum Gasteiger partial charge on any atom is -0.456 e. The van der Waals surface area contributed by atoms with Crippen molar-refractivity contribution in [2.24, 2.45) is 0 Å². The third kappa shape index (κ3) is 15.1. The van der Waals surface area contributed by atoms with E-state index in [1.807, 2.05) is 12.1 Å². The van der Waals surface area contributed by atoms with Gasteiger partial charge in [0.15, 0.2) is 0 Å². The maximum Gasteiger partial charge on any atom is 0.135 e. The molecule has 1 aromatic heterocycles. The van der Waals surface area contributed by atoms with E-state index < -0.39 is 0 Å². The zero-order valence-electron chi connectivity index (χ0n) is 80.8. The van der Waals surface area contributed by atoms with Gasteiger partial charge in [0.1, 0.15) is 11.2 Å². The molecule has 4 nitrogen and oxygen atoms in total. The molecule has 0 aliphatic heterocycles. The molecule has 0 saturated heterocycles. The van der Waals surface area contributed by atoms with E-state index in [0.717, 1.165) is 78.7 Å². The molecular weight excluding hydrogens is 1760 g/mol. The number of para-hydroxylation sites is 3. The van der Waals surface area contributed by atoms with Crippen molar-refractivity contribution in [3.8, 4) is 66.8 Å². The van der Waals surface area contributed by atoms with E-state index in [4.69, 9.17) is 4.42 Å². The Kier molecular flexibility index (Phi) is 21.4. The molecule has 4 heteroatoms. The number of fused-ring (bicyclic) bond motifs is 24. The molecule has 1 unspecified atom stereocenters. The van der Waals surface area contributed by atoms with Gasteiger partial charge < -0.3 is 19.1 Å². The van der Waals surface area contributed by atoms with Crippen LogP contribution in [0.25, 0.3) is 186 Å². The molecule has 146 heavy (non-hydrogen) atoms. The smallest absolute Gasteiger partial charge is 0.135 e. The highest BCUT2D eigenvalue weighted by Crippen LogP contribution is 2.56. The number of anilines is 9. The molecule has 0 saturated carbocycles. The summed E-state index contributed by atoms with van der Waals surface area (Å²) >= 11 is 0. The van der Waals surface area contributed by atoms with Gasteiger partial charge in [-0.05, 0) is 290 Å². The van der Waals surface area contributed by atoms with Crippen molar-refractivity contribution in [1.29, 1.82) is 0 Å². The summed E-state index contributed by atoms with van der Waals surface area (Å²) in [7, 11) is 0. The summed E-state index contributed by atoms with van der Waals surface area (Å²) in [6, 6.07) is 199. The fourth-order valence-corrected chi connectivity index (χ4v) is 23.6. The van der Waals surface area contributed by atoms with E-state index >= 15 is 0 Å². The molecule has 26 aromatic carbocycles. The number of rotatable bonds is 14. The van der Waals surface area contributed by atoms with Gasteiger partial charge in [-0.2, -0.15) is 0 Å². The Hall–Kier alpha value is -18.7. The predicted molar refractivity (Wildman–Crippen MR) is 620 cm³/mol. The average molecular weight is 1860 g/mol. The monoisotopic (exact) mass is 1860 g/mol. The van der Waals surface area contributed by atoms with Gasteiger partial charge in [0.25, 0.3) is 0 Å². The molecule has 0 radical (unpaired) electrons. The summed E-state index contributed by atoms with van der Waals surface area (Å²) in [5, 5.41) is 24.9. The number of hydrogen-bond acceptors (Lipinski definition) is 4. The van der Waals surface area contributed by atoms with Gasteiger partial charge in [-0.1, -0.05) is 451 Å². The lowest BCUT2D eigenvalue weighted by Gasteiger charge is -2.29. The molecule has 0 bridgehead atoms. The van der Waals surface area contributed by atoms with E-state index in [2.05, 4.69) is 562 Å². The van der Waals surface area contributed by atoms with Crippen LogP contribution in [0.5, 0.6) is 0 Å². The number of hydrogen-bond donors (Lipinski definition) is 0. The van der Waals surface area contributed by atoms with Crippen molar-refractivity contribution in [1.82, 2.24) is 0 Å². The molecule has 686 valence electrons. The second-order valence-electron chi connectivity index (χ2n) is 39.2. The third-order valence-electron chi connectivity index (χ3n) is 30.6. The Morgan fingerprint density at radius 3 is 1.05 bits per heavy atom. The second kappa shape index (κ2) is 36.1. The van der Waals surface area contributed by atoms with Crippen LogP contribution >= 0.6 is 0 Å². The standard InChI is InChI=1S/C49H33N.C48H31NO.C45H33N/c1-3-13-33(14-4-1)40-19-11-12-22-48(40)50(37-26-23-35-25-28-42-39-18-8-7-15-34(39)24-29-43(42)46(35)31-37)38-27-30-45-47(32-38)41-20-9-10-21-44(41)49(45)36-16-5-2-6-17-36;1-2-12-32(13-3-1)37-16-6-7-17-39(37)42-18-8-10-20-46(42)49(36-26-29-48-45(31-36)43-19-9-11-21-47(43)50-48)35-25-22-34-24-27-40-38-15-5-4-14-33(38)23-28-41(40)44(34)30-35;1-45(2)43-15-9-8-14-40(43)42-29-36(24-27-44(42)45)46(34-21-16-31(17-22-34)30-10-4-3-5-11-30)35-23-18-33-20-25-38-37-13-7-6-12-32(37)19-26-39(38)41(33)28-35/h1-32,49H;1-31H;3-29H,1-2H3. The van der Waals surface area contributed by atoms with Crippen molar-refractivity contribution >= 4 is 170 Å². The molecule has 0 amide bonds. The minimum absolute atomic E-state index is 0.0305. The summed E-state index contributed by atoms with van der Waals surface area (Å²) < 4.78 is 6.28. The highest BCUT2D eigenvalue weighted by atomic mass is 16.3. The molecular formula is C142H97N3O. The molecule has 1 atom stereocenters. The van der Waals surface area contributed by atoms with Gasteiger partial charge in [0.2, 0.25) is 0 Å². The van der Waals surface area contributed by atoms with E-state index in [1.54, 1.807) is 0 Å². The maximum atomic E-state index is 6.28. The third-order valence-corrected chi connectivity index (χ3v) is 30.6. The van der Waals surface area contributed by atoms with Crippen LogP contribution in [-0.2, 0) is 5.41 Å². The summed E-state index contributed by atoms with van der Waals surface area (Å²) in [5.74, 6) is 0.211. The lowest BCUT2D eigenvalue weighted by Crippen LogP contribution is -2.15. The van der Waals surface area contributed by atoms with Crippen LogP contribution in [0.15, 0.2) is 550 Å². The van der Waals surface area contributed by atoms with Crippen LogP contribution in [0.4, 0.5) is 51.2 Å². The van der Waals surface area contributed by atoms with Crippen LogP contribution in [-0.4, -0.2) is 0 Å². The quantitative estimate of drug-likeness (QED) is 0.101. The van der Waals surface area contributed by atoms with Gasteiger partial charge in [-0.15, -0.1) is 0 Å². The first-order chi connectivity index (χ1) is 72.2. The fourth-order valence-electron chi connectivity index (χ4n) is 23.6. The number of nitrogens with zero attached hydrogens (tertiary/aromatic N) is 3. The van der Waals surface area contributed by atoms with Crippen molar-refractivity contribution in [2.45, 2.75) is 25.2 Å². The average Bonchev–Trinajstić information content (AvgIpc) is 1.42. The second-order valence-corrected chi connectivity index (χ2v) is 39.2. The molecule has 1 heterocycles. The van der Waals surface area contributed by atoms with Crippen LogP contribution < -0.4 is 14.7 Å². The largest absolute Gasteiger partial charge is 0.456 e. The molecule has 29 rings (SSSR count). The molecule has 27 aromatic rings. The van der Waals surface area contributed by atoms with Gasteiger partial charge in [0, 0.05) is 73.0 Å². The zero-order valence-corrected chi connectivity index (χ0v) is 80.8. The molecule has 2 aliphatic carbocycles. The predicted octanol–water partition coefficient (Wildman–Crippen LogP) is 39.9. The molecule has 0 spiro atoms. The Bertz CT molecular complexity index is 9810. The summed E-state index contributed by atoms with van der Waals surface area (Å²) in [6.45, 7) is 4.69. The van der Waals surface area contributed by atoms with E-state index in [0.29, 0.717) is 0 Å². The van der Waals surface area contributed by atoms with Crippen LogP contribution in [0.1, 0.15) is 47.6 Å². The Balaban J connectivity index is 0.000000109. The van der Waals surface area contributed by atoms with Gasteiger partial charge in [-0.25, -0.2) is 0 Å². The minimum atomic E-state index is -0.0305. The van der Waals surface area contributed by atoms with Crippen molar-refractivity contribution in [2.75, 3.05) is 14.7 Å². The van der Waals surface area contributed by atoms with Crippen LogP contribution in [0, 0.1) is 0 Å². The lowest BCUT2D eigenvalue weighted by molar-refractivity contribution is 0.660. The topological polar surface area (TPSA) is 22.9 Å². The Labute approximate surface area is 848 Å². The van der Waals surface area contributed by atoms with Gasteiger partial charge in [0.05, 0.1) is 11.4 Å². The Morgan fingerprint density at radius 2 is 0.500 bits per heavy atom. The highest BCUT2D eigenvalue weighted by Gasteiger charge is 2.37. The number of furan rings is 1. The summed E-state index contributed by atoms with van der Waals surface area (Å²) in [6.07, 6.45) is 0.